The molecule has 0 aliphatic carbocycles. The van der Waals surface area contributed by atoms with Crippen molar-refractivity contribution < 1.29 is 9.59 Å². The van der Waals surface area contributed by atoms with Gasteiger partial charge in [0.25, 0.3) is 5.91 Å². The number of para-hydroxylation sites is 1. The third-order valence-corrected chi connectivity index (χ3v) is 6.16. The number of anilines is 2. The Balaban J connectivity index is 1.46. The highest BCUT2D eigenvalue weighted by Crippen LogP contribution is 2.29. The number of benzene rings is 2. The summed E-state index contributed by atoms with van der Waals surface area (Å²) in [5.74, 6) is 0.280. The van der Waals surface area contributed by atoms with Gasteiger partial charge in [-0.25, -0.2) is 14.8 Å². The summed E-state index contributed by atoms with van der Waals surface area (Å²) >= 11 is 1.42. The number of rotatable bonds is 6. The summed E-state index contributed by atoms with van der Waals surface area (Å²) in [6.45, 7) is 4.55. The SMILES string of the molecule is CC(C)CN1C(=O)C(NC(=O)Nc2cccc(-c3nn[nH]n3)c2)N=C(c2nccs2)c2ccccc21. The highest BCUT2D eigenvalue weighted by atomic mass is 32.1. The number of thiazole rings is 1. The third-order valence-electron chi connectivity index (χ3n) is 5.38. The zero-order valence-corrected chi connectivity index (χ0v) is 20.4. The molecule has 0 saturated heterocycles. The Bertz CT molecular complexity index is 1400. The summed E-state index contributed by atoms with van der Waals surface area (Å²) in [5, 5.41) is 21.9. The molecule has 0 bridgehead atoms. The lowest BCUT2D eigenvalue weighted by Gasteiger charge is -2.27. The normalized spacial score (nSPS) is 15.3. The molecule has 0 saturated carbocycles. The molecular weight excluding hydrogens is 478 g/mol. The first-order valence-corrected chi connectivity index (χ1v) is 12.2. The molecule has 1 aliphatic rings. The van der Waals surface area contributed by atoms with Crippen LogP contribution in [-0.2, 0) is 4.79 Å². The number of tetrazole rings is 1. The molecule has 12 heteroatoms. The lowest BCUT2D eigenvalue weighted by Crippen LogP contribution is -2.49. The third kappa shape index (κ3) is 4.84. The number of carbonyl (C=O) groups is 2. The first kappa shape index (κ1) is 23.3. The van der Waals surface area contributed by atoms with Crippen molar-refractivity contribution in [2.75, 3.05) is 16.8 Å². The predicted octanol–water partition coefficient (Wildman–Crippen LogP) is 3.31. The molecule has 1 aliphatic heterocycles. The number of benzodiazepines with no additional fused rings is 1. The van der Waals surface area contributed by atoms with Crippen molar-refractivity contribution in [1.29, 1.82) is 0 Å². The van der Waals surface area contributed by atoms with E-state index in [2.05, 4.69) is 36.2 Å². The largest absolute Gasteiger partial charge is 0.321 e. The van der Waals surface area contributed by atoms with Crippen LogP contribution >= 0.6 is 11.3 Å². The lowest BCUT2D eigenvalue weighted by molar-refractivity contribution is -0.120. The van der Waals surface area contributed by atoms with Crippen LogP contribution in [0.15, 0.2) is 65.1 Å². The Kier molecular flexibility index (Phi) is 6.50. The molecule has 4 aromatic rings. The van der Waals surface area contributed by atoms with Gasteiger partial charge in [-0.05, 0) is 29.3 Å². The Morgan fingerprint density at radius 1 is 1.19 bits per heavy atom. The van der Waals surface area contributed by atoms with Gasteiger partial charge >= 0.3 is 6.03 Å². The number of hydrogen-bond donors (Lipinski definition) is 3. The summed E-state index contributed by atoms with van der Waals surface area (Å²) < 4.78 is 0. The fourth-order valence-corrected chi connectivity index (χ4v) is 4.55. The van der Waals surface area contributed by atoms with Crippen molar-refractivity contribution in [3.8, 4) is 11.4 Å². The monoisotopic (exact) mass is 501 g/mol. The molecule has 2 aromatic heterocycles. The fourth-order valence-electron chi connectivity index (χ4n) is 3.90. The number of urea groups is 1. The number of fused-ring (bicyclic) bond motifs is 1. The Labute approximate surface area is 210 Å². The number of nitrogens with one attached hydrogen (secondary N) is 3. The molecule has 3 heterocycles. The van der Waals surface area contributed by atoms with Crippen LogP contribution in [0, 0.1) is 5.92 Å². The molecule has 182 valence electrons. The molecule has 1 atom stereocenters. The van der Waals surface area contributed by atoms with E-state index in [0.29, 0.717) is 34.3 Å². The number of aromatic nitrogens is 5. The molecular formula is C24H23N9O2S. The van der Waals surface area contributed by atoms with Gasteiger partial charge in [0.05, 0.1) is 5.69 Å². The van der Waals surface area contributed by atoms with Crippen LogP contribution in [0.25, 0.3) is 11.4 Å². The van der Waals surface area contributed by atoms with Crippen molar-refractivity contribution in [1.82, 2.24) is 30.9 Å². The van der Waals surface area contributed by atoms with Crippen LogP contribution in [0.3, 0.4) is 0 Å². The number of aromatic amines is 1. The van der Waals surface area contributed by atoms with Crippen LogP contribution in [0.5, 0.6) is 0 Å². The van der Waals surface area contributed by atoms with E-state index in [1.807, 2.05) is 43.5 Å². The van der Waals surface area contributed by atoms with Crippen LogP contribution in [0.4, 0.5) is 16.2 Å². The van der Waals surface area contributed by atoms with E-state index >= 15 is 0 Å². The summed E-state index contributed by atoms with van der Waals surface area (Å²) in [5.41, 5.74) is 3.27. The topological polar surface area (TPSA) is 141 Å². The average molecular weight is 502 g/mol. The van der Waals surface area contributed by atoms with Crippen molar-refractivity contribution in [2.24, 2.45) is 10.9 Å². The second-order valence-electron chi connectivity index (χ2n) is 8.49. The molecule has 2 aromatic carbocycles. The van der Waals surface area contributed by atoms with Gasteiger partial charge in [-0.1, -0.05) is 44.2 Å². The number of hydrogen-bond acceptors (Lipinski definition) is 8. The first-order valence-electron chi connectivity index (χ1n) is 11.3. The van der Waals surface area contributed by atoms with Crippen molar-refractivity contribution in [2.45, 2.75) is 20.0 Å². The lowest BCUT2D eigenvalue weighted by atomic mass is 10.1. The van der Waals surface area contributed by atoms with Crippen LogP contribution in [0.2, 0.25) is 0 Å². The van der Waals surface area contributed by atoms with Crippen molar-refractivity contribution >= 4 is 40.4 Å². The summed E-state index contributed by atoms with van der Waals surface area (Å²) in [6, 6.07) is 14.0. The van der Waals surface area contributed by atoms with E-state index in [1.165, 1.54) is 11.3 Å². The number of carbonyl (C=O) groups excluding carboxylic acids is 2. The summed E-state index contributed by atoms with van der Waals surface area (Å²) in [7, 11) is 0. The van der Waals surface area contributed by atoms with Crippen LogP contribution in [-0.4, -0.2) is 56.0 Å². The highest BCUT2D eigenvalue weighted by Gasteiger charge is 2.33. The van der Waals surface area contributed by atoms with Gasteiger partial charge < -0.3 is 15.5 Å². The fraction of sp³-hybridized carbons (Fsp3) is 0.208. The van der Waals surface area contributed by atoms with Gasteiger partial charge in [0.2, 0.25) is 12.0 Å². The number of amides is 3. The van der Waals surface area contributed by atoms with E-state index in [9.17, 15) is 9.59 Å². The molecule has 36 heavy (non-hydrogen) atoms. The Morgan fingerprint density at radius 3 is 2.81 bits per heavy atom. The Morgan fingerprint density at radius 2 is 2.06 bits per heavy atom. The smallest absolute Gasteiger partial charge is 0.308 e. The number of H-pyrrole nitrogens is 1. The summed E-state index contributed by atoms with van der Waals surface area (Å²) in [4.78, 5) is 37.5. The van der Waals surface area contributed by atoms with E-state index in [-0.39, 0.29) is 11.8 Å². The second-order valence-corrected chi connectivity index (χ2v) is 9.39. The number of aliphatic imine (C=N–C) groups is 1. The van der Waals surface area contributed by atoms with Crippen LogP contribution < -0.4 is 15.5 Å². The van der Waals surface area contributed by atoms with E-state index in [1.54, 1.807) is 35.4 Å². The molecule has 0 fully saturated rings. The molecule has 0 radical (unpaired) electrons. The highest BCUT2D eigenvalue weighted by molar-refractivity contribution is 7.12. The number of nitrogens with zero attached hydrogens (tertiary/aromatic N) is 6. The molecule has 3 N–H and O–H groups in total. The van der Waals surface area contributed by atoms with Gasteiger partial charge in [-0.15, -0.1) is 21.5 Å². The maximum absolute atomic E-state index is 13.7. The first-order chi connectivity index (χ1) is 17.5. The molecule has 3 amide bonds. The summed E-state index contributed by atoms with van der Waals surface area (Å²) in [6.07, 6.45) is 0.547. The van der Waals surface area contributed by atoms with E-state index in [4.69, 9.17) is 4.99 Å². The zero-order valence-electron chi connectivity index (χ0n) is 19.5. The zero-order chi connectivity index (χ0) is 25.1. The minimum Gasteiger partial charge on any atom is -0.308 e. The molecule has 1 unspecified atom stereocenters. The Hall–Kier alpha value is -4.45. The van der Waals surface area contributed by atoms with Crippen molar-refractivity contribution in [3.05, 3.63) is 70.7 Å². The standard InChI is InChI=1S/C24H23N9O2S/c1-14(2)13-33-18-9-4-3-8-17(18)19(22-25-10-11-36-22)27-21(23(33)34)28-24(35)26-16-7-5-6-15(12-16)20-29-31-32-30-20/h3-12,14,21H,13H2,1-2H3,(H2,26,28,35)(H,29,30,31,32). The second kappa shape index (κ2) is 10.0. The maximum Gasteiger partial charge on any atom is 0.321 e. The van der Waals surface area contributed by atoms with Crippen molar-refractivity contribution in [3.63, 3.8) is 0 Å². The molecule has 11 nitrogen and oxygen atoms in total. The quantitative estimate of drug-likeness (QED) is 0.370. The minimum absolute atomic E-state index is 0.200. The average Bonchev–Trinajstić information content (AvgIpc) is 3.58. The van der Waals surface area contributed by atoms with Gasteiger partial charge in [0, 0.05) is 34.9 Å². The molecule has 0 spiro atoms. The predicted molar refractivity (Wildman–Crippen MR) is 137 cm³/mol. The maximum atomic E-state index is 13.7. The van der Waals surface area contributed by atoms with E-state index < -0.39 is 12.2 Å². The van der Waals surface area contributed by atoms with Gasteiger partial charge in [0.15, 0.2) is 0 Å². The van der Waals surface area contributed by atoms with Gasteiger partial charge in [-0.2, -0.15) is 5.21 Å². The molecule has 5 rings (SSSR count). The van der Waals surface area contributed by atoms with E-state index in [0.717, 1.165) is 11.3 Å². The minimum atomic E-state index is -1.14. The van der Waals surface area contributed by atoms with Gasteiger partial charge in [-0.3, -0.25) is 4.79 Å². The van der Waals surface area contributed by atoms with Crippen LogP contribution in [0.1, 0.15) is 24.4 Å². The van der Waals surface area contributed by atoms with Gasteiger partial charge in [0.1, 0.15) is 10.7 Å².